The minimum Gasteiger partial charge on any atom is -0.392 e. The molecule has 3 N–H and O–H groups in total. The zero-order valence-electron chi connectivity index (χ0n) is 23.2. The molecular formula is C31H32FN7O3. The van der Waals surface area contributed by atoms with E-state index in [2.05, 4.69) is 20.1 Å². The lowest BCUT2D eigenvalue weighted by Crippen LogP contribution is -2.39. The molecule has 1 aliphatic carbocycles. The number of nitrogens with two attached hydrogens (primary N) is 1. The minimum absolute atomic E-state index is 0.0534. The van der Waals surface area contributed by atoms with Crippen LogP contribution in [0.15, 0.2) is 42.7 Å². The number of aromatic nitrogens is 5. The van der Waals surface area contributed by atoms with E-state index < -0.39 is 11.7 Å². The molecule has 10 nitrogen and oxygen atoms in total. The zero-order chi connectivity index (χ0) is 28.8. The molecule has 7 rings (SSSR count). The van der Waals surface area contributed by atoms with Gasteiger partial charge in [-0.25, -0.2) is 9.37 Å². The molecule has 4 aromatic rings. The number of benzene rings is 2. The fraction of sp³-hybridized carbons (Fsp3) is 0.387. The number of anilines is 2. The SMILES string of the molecule is Nc1nc(Cc2cnn(C3CCOCC3)c2)nc(-c2cccc(N3CCc4cc(C5CC5)cc(F)c4C3=O)c2CO)n1. The Bertz CT molecular complexity index is 1660. The highest BCUT2D eigenvalue weighted by Crippen LogP contribution is 2.42. The molecule has 2 aromatic heterocycles. The smallest absolute Gasteiger partial charge is 0.261 e. The number of nitrogens with zero attached hydrogens (tertiary/aromatic N) is 6. The van der Waals surface area contributed by atoms with Crippen LogP contribution >= 0.6 is 0 Å². The summed E-state index contributed by atoms with van der Waals surface area (Å²) in [5.74, 6) is 0.315. The van der Waals surface area contributed by atoms with Crippen LogP contribution in [0.4, 0.5) is 16.0 Å². The Morgan fingerprint density at radius 3 is 2.71 bits per heavy atom. The van der Waals surface area contributed by atoms with Crippen LogP contribution in [0, 0.1) is 5.82 Å². The number of carbonyl (C=O) groups excluding carboxylic acids is 1. The van der Waals surface area contributed by atoms with E-state index in [0.717, 1.165) is 55.6 Å². The summed E-state index contributed by atoms with van der Waals surface area (Å²) in [6.07, 6.45) is 8.71. The topological polar surface area (TPSA) is 132 Å². The minimum atomic E-state index is -0.485. The molecule has 1 saturated carbocycles. The van der Waals surface area contributed by atoms with Gasteiger partial charge in [0.25, 0.3) is 5.91 Å². The van der Waals surface area contributed by atoms with Crippen LogP contribution in [0.5, 0.6) is 0 Å². The third kappa shape index (κ3) is 5.03. The van der Waals surface area contributed by atoms with Crippen molar-refractivity contribution in [1.29, 1.82) is 0 Å². The molecule has 0 unspecified atom stereocenters. The summed E-state index contributed by atoms with van der Waals surface area (Å²) in [7, 11) is 0. The molecule has 3 aliphatic rings. The highest BCUT2D eigenvalue weighted by molar-refractivity contribution is 6.09. The molecule has 0 atom stereocenters. The summed E-state index contributed by atoms with van der Waals surface area (Å²) in [6.45, 7) is 1.46. The van der Waals surface area contributed by atoms with Crippen LogP contribution < -0.4 is 10.6 Å². The predicted molar refractivity (Wildman–Crippen MR) is 153 cm³/mol. The van der Waals surface area contributed by atoms with Gasteiger partial charge in [-0.1, -0.05) is 18.2 Å². The first-order chi connectivity index (χ1) is 20.5. The van der Waals surface area contributed by atoms with Crippen molar-refractivity contribution < 1.29 is 19.0 Å². The van der Waals surface area contributed by atoms with Gasteiger partial charge in [0, 0.05) is 43.5 Å². The average Bonchev–Trinajstić information content (AvgIpc) is 3.75. The number of carbonyl (C=O) groups is 1. The maximum atomic E-state index is 15.2. The van der Waals surface area contributed by atoms with Gasteiger partial charge < -0.3 is 20.5 Å². The van der Waals surface area contributed by atoms with E-state index in [9.17, 15) is 9.90 Å². The second-order valence-corrected chi connectivity index (χ2v) is 11.3. The molecule has 42 heavy (non-hydrogen) atoms. The summed E-state index contributed by atoms with van der Waals surface area (Å²) < 4.78 is 22.6. The normalized spacial score (nSPS) is 17.5. The van der Waals surface area contributed by atoms with Crippen molar-refractivity contribution in [3.8, 4) is 11.4 Å². The van der Waals surface area contributed by atoms with Crippen molar-refractivity contribution in [2.45, 2.75) is 57.1 Å². The number of aliphatic hydroxyl groups excluding tert-OH is 1. The molecule has 1 saturated heterocycles. The van der Waals surface area contributed by atoms with Crippen molar-refractivity contribution in [1.82, 2.24) is 24.7 Å². The molecule has 2 aliphatic heterocycles. The summed E-state index contributed by atoms with van der Waals surface area (Å²) >= 11 is 0. The van der Waals surface area contributed by atoms with Gasteiger partial charge in [0.05, 0.1) is 30.1 Å². The van der Waals surface area contributed by atoms with E-state index in [4.69, 9.17) is 10.5 Å². The van der Waals surface area contributed by atoms with E-state index in [1.54, 1.807) is 24.4 Å². The van der Waals surface area contributed by atoms with Crippen LogP contribution in [-0.2, 0) is 24.2 Å². The zero-order valence-corrected chi connectivity index (χ0v) is 23.2. The summed E-state index contributed by atoms with van der Waals surface area (Å²) in [4.78, 5) is 28.5. The Morgan fingerprint density at radius 1 is 1.10 bits per heavy atom. The quantitative estimate of drug-likeness (QED) is 0.342. The van der Waals surface area contributed by atoms with Crippen molar-refractivity contribution >= 4 is 17.5 Å². The lowest BCUT2D eigenvalue weighted by atomic mass is 9.93. The Morgan fingerprint density at radius 2 is 1.93 bits per heavy atom. The fourth-order valence-corrected chi connectivity index (χ4v) is 6.12. The van der Waals surface area contributed by atoms with Gasteiger partial charge in [-0.15, -0.1) is 0 Å². The third-order valence-corrected chi connectivity index (χ3v) is 8.43. The number of amides is 1. The Labute approximate surface area is 242 Å². The Kier molecular flexibility index (Phi) is 6.91. The van der Waals surface area contributed by atoms with Crippen LogP contribution in [0.2, 0.25) is 0 Å². The molecule has 2 aromatic carbocycles. The Balaban J connectivity index is 1.18. The van der Waals surface area contributed by atoms with Gasteiger partial charge in [0.2, 0.25) is 5.95 Å². The molecular weight excluding hydrogens is 537 g/mol. The monoisotopic (exact) mass is 569 g/mol. The van der Waals surface area contributed by atoms with Gasteiger partial charge in [-0.3, -0.25) is 9.48 Å². The molecule has 0 bridgehead atoms. The first kappa shape index (κ1) is 26.7. The molecule has 4 heterocycles. The molecule has 0 radical (unpaired) electrons. The van der Waals surface area contributed by atoms with E-state index in [-0.39, 0.29) is 18.1 Å². The first-order valence-electron chi connectivity index (χ1n) is 14.5. The maximum Gasteiger partial charge on any atom is 0.261 e. The van der Waals surface area contributed by atoms with Crippen LogP contribution in [0.3, 0.4) is 0 Å². The second kappa shape index (κ2) is 10.9. The summed E-state index contributed by atoms with van der Waals surface area (Å²) in [5.41, 5.74) is 10.4. The lowest BCUT2D eigenvalue weighted by molar-refractivity contribution is 0.0662. The number of aliphatic hydroxyl groups is 1. The standard InChI is InChI=1S/C31H32FN7O3/c32-25-14-21(19-4-5-19)13-20-6-9-38(30(41)28(20)25)26-3-1-2-23(24(26)17-40)29-35-27(36-31(33)37-29)12-18-15-34-39(16-18)22-7-10-42-11-8-22/h1-3,13-16,19,22,40H,4-12,17H2,(H2,33,35,36,37). The predicted octanol–water partition coefficient (Wildman–Crippen LogP) is 3.97. The largest absolute Gasteiger partial charge is 0.392 e. The van der Waals surface area contributed by atoms with E-state index in [1.165, 1.54) is 11.0 Å². The molecule has 216 valence electrons. The van der Waals surface area contributed by atoms with Crippen molar-refractivity contribution in [3.63, 3.8) is 0 Å². The van der Waals surface area contributed by atoms with E-state index in [0.29, 0.717) is 59.8 Å². The highest BCUT2D eigenvalue weighted by Gasteiger charge is 2.33. The van der Waals surface area contributed by atoms with Crippen molar-refractivity contribution in [2.24, 2.45) is 0 Å². The number of hydrogen-bond acceptors (Lipinski definition) is 8. The van der Waals surface area contributed by atoms with Crippen LogP contribution in [0.1, 0.15) is 76.1 Å². The number of ether oxygens (including phenoxy) is 1. The van der Waals surface area contributed by atoms with E-state index >= 15 is 4.39 Å². The number of fused-ring (bicyclic) bond motifs is 1. The molecule has 0 spiro atoms. The first-order valence-corrected chi connectivity index (χ1v) is 14.5. The van der Waals surface area contributed by atoms with Gasteiger partial charge in [-0.05, 0) is 66.8 Å². The van der Waals surface area contributed by atoms with E-state index in [1.807, 2.05) is 16.9 Å². The van der Waals surface area contributed by atoms with Gasteiger partial charge in [0.1, 0.15) is 11.6 Å². The third-order valence-electron chi connectivity index (χ3n) is 8.43. The fourth-order valence-electron chi connectivity index (χ4n) is 6.12. The summed E-state index contributed by atoms with van der Waals surface area (Å²) in [5, 5.41) is 15.0. The number of halogens is 1. The van der Waals surface area contributed by atoms with Crippen LogP contribution in [0.25, 0.3) is 11.4 Å². The molecule has 1 amide bonds. The average molecular weight is 570 g/mol. The second-order valence-electron chi connectivity index (χ2n) is 11.3. The molecule has 11 heteroatoms. The van der Waals surface area contributed by atoms with Crippen LogP contribution in [-0.4, -0.2) is 55.5 Å². The lowest BCUT2D eigenvalue weighted by Gasteiger charge is -2.31. The van der Waals surface area contributed by atoms with Crippen molar-refractivity contribution in [2.75, 3.05) is 30.4 Å². The van der Waals surface area contributed by atoms with Gasteiger partial charge in [0.15, 0.2) is 5.82 Å². The van der Waals surface area contributed by atoms with Gasteiger partial charge in [-0.2, -0.15) is 15.1 Å². The maximum absolute atomic E-state index is 15.2. The number of rotatable bonds is 7. The molecule has 2 fully saturated rings. The number of nitrogen functional groups attached to an aromatic ring is 1. The Hall–Kier alpha value is -4.22. The number of hydrogen-bond donors (Lipinski definition) is 2. The van der Waals surface area contributed by atoms with Gasteiger partial charge >= 0.3 is 0 Å². The van der Waals surface area contributed by atoms with Crippen molar-refractivity contribution in [3.05, 3.63) is 82.2 Å². The highest BCUT2D eigenvalue weighted by atomic mass is 19.1. The summed E-state index contributed by atoms with van der Waals surface area (Å²) in [6, 6.07) is 9.10.